The van der Waals surface area contributed by atoms with Crippen molar-refractivity contribution in [1.29, 1.82) is 0 Å². The standard InChI is InChI=1S/C15H10BrFN2O/c16-11-7-3-1-5-9(11)13-14(19-20-15(13)18)10-6-2-4-8-12(10)17/h1-8H,18H2. The molecule has 0 bridgehead atoms. The van der Waals surface area contributed by atoms with Crippen LogP contribution in [0.25, 0.3) is 22.4 Å². The normalized spacial score (nSPS) is 10.7. The average Bonchev–Trinajstić information content (AvgIpc) is 2.82. The van der Waals surface area contributed by atoms with E-state index in [4.69, 9.17) is 10.3 Å². The summed E-state index contributed by atoms with van der Waals surface area (Å²) in [6.45, 7) is 0. The fourth-order valence-corrected chi connectivity index (χ4v) is 2.55. The first-order valence-electron chi connectivity index (χ1n) is 5.93. The summed E-state index contributed by atoms with van der Waals surface area (Å²) in [6.07, 6.45) is 0. The minimum Gasteiger partial charge on any atom is -0.367 e. The third-order valence-electron chi connectivity index (χ3n) is 2.99. The van der Waals surface area contributed by atoms with Gasteiger partial charge in [-0.05, 0) is 18.2 Å². The lowest BCUT2D eigenvalue weighted by atomic mass is 10.0. The highest BCUT2D eigenvalue weighted by Gasteiger charge is 2.21. The molecule has 0 saturated heterocycles. The highest BCUT2D eigenvalue weighted by molar-refractivity contribution is 9.10. The van der Waals surface area contributed by atoms with Gasteiger partial charge in [-0.15, -0.1) is 0 Å². The number of hydrogen-bond acceptors (Lipinski definition) is 3. The van der Waals surface area contributed by atoms with Crippen molar-refractivity contribution in [2.24, 2.45) is 0 Å². The van der Waals surface area contributed by atoms with Gasteiger partial charge in [-0.2, -0.15) is 0 Å². The second-order valence-electron chi connectivity index (χ2n) is 4.23. The van der Waals surface area contributed by atoms with Gasteiger partial charge in [0.25, 0.3) is 0 Å². The Morgan fingerprint density at radius 3 is 2.35 bits per heavy atom. The van der Waals surface area contributed by atoms with Gasteiger partial charge < -0.3 is 10.3 Å². The zero-order chi connectivity index (χ0) is 14.1. The van der Waals surface area contributed by atoms with Crippen LogP contribution in [0.15, 0.2) is 57.5 Å². The number of nitrogen functional groups attached to an aromatic ring is 1. The molecular weight excluding hydrogens is 323 g/mol. The lowest BCUT2D eigenvalue weighted by Crippen LogP contribution is -1.90. The summed E-state index contributed by atoms with van der Waals surface area (Å²) in [4.78, 5) is 0. The highest BCUT2D eigenvalue weighted by atomic mass is 79.9. The van der Waals surface area contributed by atoms with Crippen molar-refractivity contribution in [3.63, 3.8) is 0 Å². The second-order valence-corrected chi connectivity index (χ2v) is 5.08. The first-order valence-corrected chi connectivity index (χ1v) is 6.72. The first-order chi connectivity index (χ1) is 9.68. The molecule has 2 N–H and O–H groups in total. The molecule has 0 amide bonds. The van der Waals surface area contributed by atoms with E-state index in [-0.39, 0.29) is 11.7 Å². The van der Waals surface area contributed by atoms with Crippen LogP contribution in [0.4, 0.5) is 10.3 Å². The molecule has 20 heavy (non-hydrogen) atoms. The third-order valence-corrected chi connectivity index (χ3v) is 3.68. The Morgan fingerprint density at radius 1 is 1.00 bits per heavy atom. The van der Waals surface area contributed by atoms with Crippen LogP contribution in [0.2, 0.25) is 0 Å². The van der Waals surface area contributed by atoms with Crippen LogP contribution < -0.4 is 5.73 Å². The Kier molecular flexibility index (Phi) is 3.28. The number of benzene rings is 2. The van der Waals surface area contributed by atoms with Gasteiger partial charge in [-0.1, -0.05) is 51.4 Å². The van der Waals surface area contributed by atoms with Crippen LogP contribution in [0.5, 0.6) is 0 Å². The van der Waals surface area contributed by atoms with Crippen molar-refractivity contribution < 1.29 is 8.91 Å². The van der Waals surface area contributed by atoms with E-state index in [9.17, 15) is 4.39 Å². The number of hydrogen-bond donors (Lipinski definition) is 1. The Bertz CT molecular complexity index is 770. The van der Waals surface area contributed by atoms with E-state index in [0.717, 1.165) is 10.0 Å². The van der Waals surface area contributed by atoms with Crippen LogP contribution in [-0.2, 0) is 0 Å². The zero-order valence-electron chi connectivity index (χ0n) is 10.3. The van der Waals surface area contributed by atoms with Crippen molar-refractivity contribution in [3.8, 4) is 22.4 Å². The molecule has 0 aliphatic carbocycles. The number of nitrogens with two attached hydrogens (primary N) is 1. The van der Waals surface area contributed by atoms with E-state index < -0.39 is 0 Å². The summed E-state index contributed by atoms with van der Waals surface area (Å²) >= 11 is 3.46. The summed E-state index contributed by atoms with van der Waals surface area (Å²) in [7, 11) is 0. The van der Waals surface area contributed by atoms with Crippen molar-refractivity contribution in [2.45, 2.75) is 0 Å². The SMILES string of the molecule is Nc1onc(-c2ccccc2F)c1-c1ccccc1Br. The third kappa shape index (κ3) is 2.10. The second kappa shape index (κ2) is 5.09. The summed E-state index contributed by atoms with van der Waals surface area (Å²) in [5, 5.41) is 3.90. The fourth-order valence-electron chi connectivity index (χ4n) is 2.06. The molecule has 1 heterocycles. The van der Waals surface area contributed by atoms with Gasteiger partial charge in [0.2, 0.25) is 5.88 Å². The lowest BCUT2D eigenvalue weighted by Gasteiger charge is -2.05. The minimum atomic E-state index is -0.367. The number of halogens is 2. The van der Waals surface area contributed by atoms with Crippen molar-refractivity contribution in [3.05, 3.63) is 58.8 Å². The van der Waals surface area contributed by atoms with Crippen LogP contribution in [0, 0.1) is 5.82 Å². The number of rotatable bonds is 2. The minimum absolute atomic E-state index is 0.162. The number of nitrogens with zero attached hydrogens (tertiary/aromatic N) is 1. The molecule has 100 valence electrons. The molecular formula is C15H10BrFN2O. The van der Waals surface area contributed by atoms with Crippen LogP contribution >= 0.6 is 15.9 Å². The smallest absolute Gasteiger partial charge is 0.230 e. The van der Waals surface area contributed by atoms with E-state index in [1.54, 1.807) is 18.2 Å². The van der Waals surface area contributed by atoms with Gasteiger partial charge in [0.15, 0.2) is 0 Å². The maximum atomic E-state index is 13.9. The van der Waals surface area contributed by atoms with Gasteiger partial charge in [-0.3, -0.25) is 0 Å². The quantitative estimate of drug-likeness (QED) is 0.752. The van der Waals surface area contributed by atoms with Gasteiger partial charge in [-0.25, -0.2) is 4.39 Å². The molecule has 0 aliphatic rings. The highest BCUT2D eigenvalue weighted by Crippen LogP contribution is 2.40. The Hall–Kier alpha value is -2.14. The molecule has 0 spiro atoms. The van der Waals surface area contributed by atoms with Gasteiger partial charge >= 0.3 is 0 Å². The van der Waals surface area contributed by atoms with Gasteiger partial charge in [0.1, 0.15) is 11.5 Å². The van der Waals surface area contributed by atoms with Gasteiger partial charge in [0, 0.05) is 15.6 Å². The Balaban J connectivity index is 2.26. The largest absolute Gasteiger partial charge is 0.367 e. The molecule has 0 unspecified atom stereocenters. The monoisotopic (exact) mass is 332 g/mol. The molecule has 0 atom stereocenters. The molecule has 0 radical (unpaired) electrons. The summed E-state index contributed by atoms with van der Waals surface area (Å²) in [5.41, 5.74) is 8.01. The maximum Gasteiger partial charge on any atom is 0.230 e. The molecule has 3 nitrogen and oxygen atoms in total. The van der Waals surface area contributed by atoms with E-state index in [1.165, 1.54) is 6.07 Å². The molecule has 2 aromatic carbocycles. The van der Waals surface area contributed by atoms with Crippen molar-refractivity contribution in [1.82, 2.24) is 5.16 Å². The average molecular weight is 333 g/mol. The lowest BCUT2D eigenvalue weighted by molar-refractivity contribution is 0.439. The Morgan fingerprint density at radius 2 is 1.65 bits per heavy atom. The van der Waals surface area contributed by atoms with Crippen molar-refractivity contribution in [2.75, 3.05) is 5.73 Å². The predicted molar refractivity (Wildman–Crippen MR) is 79.4 cm³/mol. The Labute approximate surface area is 123 Å². The zero-order valence-corrected chi connectivity index (χ0v) is 11.9. The van der Waals surface area contributed by atoms with E-state index in [2.05, 4.69) is 21.1 Å². The van der Waals surface area contributed by atoms with Crippen molar-refractivity contribution >= 4 is 21.8 Å². The molecule has 3 aromatic rings. The summed E-state index contributed by atoms with van der Waals surface area (Å²) in [5.74, 6) is -0.204. The summed E-state index contributed by atoms with van der Waals surface area (Å²) in [6, 6.07) is 13.9. The molecule has 3 rings (SSSR count). The number of anilines is 1. The van der Waals surface area contributed by atoms with Crippen LogP contribution in [0.3, 0.4) is 0 Å². The summed E-state index contributed by atoms with van der Waals surface area (Å²) < 4.78 is 19.8. The molecule has 1 aromatic heterocycles. The van der Waals surface area contributed by atoms with Crippen LogP contribution in [0.1, 0.15) is 0 Å². The van der Waals surface area contributed by atoms with E-state index >= 15 is 0 Å². The predicted octanol–water partition coefficient (Wildman–Crippen LogP) is 4.49. The number of aromatic nitrogens is 1. The molecule has 0 aliphatic heterocycles. The topological polar surface area (TPSA) is 52.0 Å². The van der Waals surface area contributed by atoms with E-state index in [1.807, 2.05) is 24.3 Å². The maximum absolute atomic E-state index is 13.9. The van der Waals surface area contributed by atoms with E-state index in [0.29, 0.717) is 16.8 Å². The molecule has 5 heteroatoms. The van der Waals surface area contributed by atoms with Gasteiger partial charge in [0.05, 0.1) is 5.56 Å². The molecule has 0 fully saturated rings. The fraction of sp³-hybridized carbons (Fsp3) is 0. The first kappa shape index (κ1) is 12.9. The molecule has 0 saturated carbocycles. The van der Waals surface area contributed by atoms with Crippen LogP contribution in [-0.4, -0.2) is 5.16 Å².